The van der Waals surface area contributed by atoms with Gasteiger partial charge in [0.15, 0.2) is 0 Å². The lowest BCUT2D eigenvalue weighted by Crippen LogP contribution is -2.12. The van der Waals surface area contributed by atoms with E-state index in [1.54, 1.807) is 36.4 Å². The molecule has 0 saturated carbocycles. The van der Waals surface area contributed by atoms with Crippen LogP contribution in [0.2, 0.25) is 0 Å². The number of amides is 1. The molecule has 0 fully saturated rings. The van der Waals surface area contributed by atoms with Crippen LogP contribution in [0.5, 0.6) is 0 Å². The van der Waals surface area contributed by atoms with Crippen molar-refractivity contribution in [2.24, 2.45) is 0 Å². The Bertz CT molecular complexity index is 655. The van der Waals surface area contributed by atoms with Crippen LogP contribution >= 0.6 is 22.6 Å². The molecule has 0 atom stereocenters. The van der Waals surface area contributed by atoms with Crippen LogP contribution in [0.4, 0.5) is 5.69 Å². The number of carbonyl (C=O) groups excluding carboxylic acids is 1. The maximum Gasteiger partial charge on any atom is 0.307 e. The fraction of sp³-hybridized carbons (Fsp3) is 0.0667. The van der Waals surface area contributed by atoms with Gasteiger partial charge in [0.25, 0.3) is 5.91 Å². The quantitative estimate of drug-likeness (QED) is 0.800. The highest BCUT2D eigenvalue weighted by atomic mass is 127. The van der Waals surface area contributed by atoms with E-state index < -0.39 is 5.97 Å². The molecule has 0 aromatic heterocycles. The first kappa shape index (κ1) is 14.5. The third kappa shape index (κ3) is 4.06. The molecule has 1 amide bonds. The SMILES string of the molecule is O=C(O)Cc1cccc(NC(=O)c2cccc(I)c2)c1. The van der Waals surface area contributed by atoms with E-state index in [0.29, 0.717) is 16.8 Å². The van der Waals surface area contributed by atoms with Gasteiger partial charge in [-0.2, -0.15) is 0 Å². The first-order chi connectivity index (χ1) is 9.54. The van der Waals surface area contributed by atoms with E-state index in [9.17, 15) is 9.59 Å². The summed E-state index contributed by atoms with van der Waals surface area (Å²) in [6.07, 6.45) is -0.0626. The second-order valence-corrected chi connectivity index (χ2v) is 5.48. The van der Waals surface area contributed by atoms with Gasteiger partial charge < -0.3 is 10.4 Å². The van der Waals surface area contributed by atoms with Crippen molar-refractivity contribution in [1.82, 2.24) is 0 Å². The number of anilines is 1. The zero-order chi connectivity index (χ0) is 14.5. The van der Waals surface area contributed by atoms with Gasteiger partial charge in [-0.05, 0) is 58.5 Å². The molecule has 5 heteroatoms. The molecule has 2 rings (SSSR count). The van der Waals surface area contributed by atoms with E-state index in [4.69, 9.17) is 5.11 Å². The molecule has 0 unspecified atom stereocenters. The summed E-state index contributed by atoms with van der Waals surface area (Å²) in [5.41, 5.74) is 1.81. The number of nitrogens with one attached hydrogen (secondary N) is 1. The molecule has 0 bridgehead atoms. The predicted octanol–water partition coefficient (Wildman–Crippen LogP) is 3.17. The molecule has 0 aliphatic rings. The van der Waals surface area contributed by atoms with Crippen LogP contribution in [0.3, 0.4) is 0 Å². The van der Waals surface area contributed by atoms with Crippen molar-refractivity contribution in [1.29, 1.82) is 0 Å². The molecule has 2 aromatic carbocycles. The van der Waals surface area contributed by atoms with Crippen molar-refractivity contribution in [3.05, 3.63) is 63.2 Å². The summed E-state index contributed by atoms with van der Waals surface area (Å²) in [6.45, 7) is 0. The first-order valence-corrected chi connectivity index (χ1v) is 7.00. The van der Waals surface area contributed by atoms with Crippen molar-refractivity contribution in [3.63, 3.8) is 0 Å². The van der Waals surface area contributed by atoms with E-state index in [0.717, 1.165) is 3.57 Å². The highest BCUT2D eigenvalue weighted by molar-refractivity contribution is 14.1. The Kier molecular flexibility index (Phi) is 4.73. The molecule has 0 saturated heterocycles. The van der Waals surface area contributed by atoms with Crippen molar-refractivity contribution >= 4 is 40.2 Å². The minimum absolute atomic E-state index is 0.0626. The Morgan fingerprint density at radius 3 is 2.55 bits per heavy atom. The summed E-state index contributed by atoms with van der Waals surface area (Å²) in [5.74, 6) is -1.11. The van der Waals surface area contributed by atoms with Gasteiger partial charge in [0.05, 0.1) is 6.42 Å². The van der Waals surface area contributed by atoms with Gasteiger partial charge in [0.1, 0.15) is 0 Å². The molecule has 4 nitrogen and oxygen atoms in total. The zero-order valence-corrected chi connectivity index (χ0v) is 12.6. The number of rotatable bonds is 4. The molecule has 0 heterocycles. The number of carbonyl (C=O) groups is 2. The number of hydrogen-bond acceptors (Lipinski definition) is 2. The van der Waals surface area contributed by atoms with Gasteiger partial charge in [-0.1, -0.05) is 18.2 Å². The maximum absolute atomic E-state index is 12.1. The standard InChI is InChI=1S/C15H12INO3/c16-12-5-2-4-11(9-12)15(20)17-13-6-1-3-10(7-13)8-14(18)19/h1-7,9H,8H2,(H,17,20)(H,18,19). The molecule has 102 valence electrons. The smallest absolute Gasteiger partial charge is 0.307 e. The Morgan fingerprint density at radius 1 is 1.10 bits per heavy atom. The number of carboxylic acids is 1. The summed E-state index contributed by atoms with van der Waals surface area (Å²) < 4.78 is 0.981. The summed E-state index contributed by atoms with van der Waals surface area (Å²) >= 11 is 2.14. The lowest BCUT2D eigenvalue weighted by atomic mass is 10.1. The zero-order valence-electron chi connectivity index (χ0n) is 10.5. The van der Waals surface area contributed by atoms with Gasteiger partial charge in [0, 0.05) is 14.8 Å². The topological polar surface area (TPSA) is 66.4 Å². The number of carboxylic acid groups (broad SMARTS) is 1. The van der Waals surface area contributed by atoms with Gasteiger partial charge in [-0.15, -0.1) is 0 Å². The van der Waals surface area contributed by atoms with Crippen molar-refractivity contribution in [2.75, 3.05) is 5.32 Å². The maximum atomic E-state index is 12.1. The van der Waals surface area contributed by atoms with Gasteiger partial charge in [-0.3, -0.25) is 9.59 Å². The average molecular weight is 381 g/mol. The molecular weight excluding hydrogens is 369 g/mol. The molecule has 0 aliphatic carbocycles. The Hall–Kier alpha value is -1.89. The molecule has 2 N–H and O–H groups in total. The van der Waals surface area contributed by atoms with Crippen LogP contribution in [-0.4, -0.2) is 17.0 Å². The van der Waals surface area contributed by atoms with Gasteiger partial charge >= 0.3 is 5.97 Å². The second kappa shape index (κ2) is 6.51. The van der Waals surface area contributed by atoms with Crippen LogP contribution < -0.4 is 5.32 Å². The van der Waals surface area contributed by atoms with E-state index in [2.05, 4.69) is 27.9 Å². The Morgan fingerprint density at radius 2 is 1.85 bits per heavy atom. The van der Waals surface area contributed by atoms with Crippen molar-refractivity contribution < 1.29 is 14.7 Å². The summed E-state index contributed by atoms with van der Waals surface area (Å²) in [6, 6.07) is 14.1. The fourth-order valence-corrected chi connectivity index (χ4v) is 2.31. The highest BCUT2D eigenvalue weighted by Gasteiger charge is 2.07. The van der Waals surface area contributed by atoms with Crippen LogP contribution in [0.15, 0.2) is 48.5 Å². The number of benzene rings is 2. The normalized spacial score (nSPS) is 10.1. The summed E-state index contributed by atoms with van der Waals surface area (Å²) in [7, 11) is 0. The first-order valence-electron chi connectivity index (χ1n) is 5.92. The van der Waals surface area contributed by atoms with Gasteiger partial charge in [-0.25, -0.2) is 0 Å². The van der Waals surface area contributed by atoms with Gasteiger partial charge in [0.2, 0.25) is 0 Å². The second-order valence-electron chi connectivity index (χ2n) is 4.24. The molecule has 2 aromatic rings. The van der Waals surface area contributed by atoms with Crippen LogP contribution in [0.25, 0.3) is 0 Å². The Balaban J connectivity index is 2.13. The Labute approximate surface area is 130 Å². The van der Waals surface area contributed by atoms with Crippen LogP contribution in [0, 0.1) is 3.57 Å². The highest BCUT2D eigenvalue weighted by Crippen LogP contribution is 2.14. The molecular formula is C15H12INO3. The third-order valence-corrected chi connectivity index (χ3v) is 3.30. The third-order valence-electron chi connectivity index (χ3n) is 2.63. The predicted molar refractivity (Wildman–Crippen MR) is 84.9 cm³/mol. The molecule has 0 radical (unpaired) electrons. The minimum Gasteiger partial charge on any atom is -0.481 e. The lowest BCUT2D eigenvalue weighted by molar-refractivity contribution is -0.136. The van der Waals surface area contributed by atoms with E-state index >= 15 is 0 Å². The van der Waals surface area contributed by atoms with Crippen molar-refractivity contribution in [3.8, 4) is 0 Å². The van der Waals surface area contributed by atoms with Crippen molar-refractivity contribution in [2.45, 2.75) is 6.42 Å². The number of hydrogen-bond donors (Lipinski definition) is 2. The van der Waals surface area contributed by atoms with Crippen LogP contribution in [0.1, 0.15) is 15.9 Å². The number of halogens is 1. The number of aliphatic carboxylic acids is 1. The molecule has 0 aliphatic heterocycles. The summed E-state index contributed by atoms with van der Waals surface area (Å²) in [4.78, 5) is 22.7. The van der Waals surface area contributed by atoms with E-state index in [-0.39, 0.29) is 12.3 Å². The molecule has 0 spiro atoms. The fourth-order valence-electron chi connectivity index (χ4n) is 1.77. The van der Waals surface area contributed by atoms with E-state index in [1.165, 1.54) is 0 Å². The minimum atomic E-state index is -0.897. The largest absolute Gasteiger partial charge is 0.481 e. The van der Waals surface area contributed by atoms with E-state index in [1.807, 2.05) is 12.1 Å². The van der Waals surface area contributed by atoms with Crippen LogP contribution in [-0.2, 0) is 11.2 Å². The average Bonchev–Trinajstić information content (AvgIpc) is 2.38. The lowest BCUT2D eigenvalue weighted by Gasteiger charge is -2.07. The monoisotopic (exact) mass is 381 g/mol. The molecule has 20 heavy (non-hydrogen) atoms. The summed E-state index contributed by atoms with van der Waals surface area (Å²) in [5, 5.41) is 11.5.